The fraction of sp³-hybridized carbons (Fsp3) is 0.333. The molecule has 1 saturated heterocycles. The molecule has 7 heteroatoms. The molecule has 0 bridgehead atoms. The first-order chi connectivity index (χ1) is 14.8. The van der Waals surface area contributed by atoms with E-state index in [1.165, 1.54) is 21.7 Å². The number of hydrogen-bond donors (Lipinski definition) is 0. The Bertz CT molecular complexity index is 1170. The molecule has 0 amide bonds. The van der Waals surface area contributed by atoms with Gasteiger partial charge >= 0.3 is 0 Å². The minimum atomic E-state index is -3.18. The van der Waals surface area contributed by atoms with E-state index in [2.05, 4.69) is 30.0 Å². The molecule has 0 spiro atoms. The van der Waals surface area contributed by atoms with Crippen LogP contribution in [0.15, 0.2) is 54.6 Å². The lowest BCUT2D eigenvalue weighted by molar-refractivity contribution is 0.386. The van der Waals surface area contributed by atoms with E-state index in [1.54, 1.807) is 0 Å². The molecule has 0 radical (unpaired) electrons. The lowest BCUT2D eigenvalue weighted by atomic mass is 9.99. The van der Waals surface area contributed by atoms with Crippen molar-refractivity contribution in [2.24, 2.45) is 0 Å². The maximum Gasteiger partial charge on any atom is 0.211 e. The third-order valence-electron chi connectivity index (χ3n) is 5.86. The van der Waals surface area contributed by atoms with Gasteiger partial charge in [0, 0.05) is 49.4 Å². The lowest BCUT2D eigenvalue weighted by Gasteiger charge is -2.35. The van der Waals surface area contributed by atoms with Crippen LogP contribution < -0.4 is 4.90 Å². The van der Waals surface area contributed by atoms with Crippen molar-refractivity contribution in [3.8, 4) is 11.4 Å². The summed E-state index contributed by atoms with van der Waals surface area (Å²) in [5.41, 5.74) is 5.52. The minimum absolute atomic E-state index is 0.465. The number of hydrogen-bond acceptors (Lipinski definition) is 5. The first-order valence-electron chi connectivity index (χ1n) is 10.5. The third-order valence-corrected chi connectivity index (χ3v) is 7.16. The molecule has 1 aliphatic rings. The predicted molar refractivity (Wildman–Crippen MR) is 125 cm³/mol. The van der Waals surface area contributed by atoms with E-state index in [-0.39, 0.29) is 0 Å². The van der Waals surface area contributed by atoms with Gasteiger partial charge in [-0.15, -0.1) is 0 Å². The molecule has 0 N–H and O–H groups in total. The van der Waals surface area contributed by atoms with Crippen LogP contribution in [-0.4, -0.2) is 55.1 Å². The van der Waals surface area contributed by atoms with Crippen molar-refractivity contribution in [1.29, 1.82) is 0 Å². The minimum Gasteiger partial charge on any atom is -0.354 e. The second-order valence-corrected chi connectivity index (χ2v) is 10.0. The maximum absolute atomic E-state index is 12.0. The Balaban J connectivity index is 1.75. The van der Waals surface area contributed by atoms with Gasteiger partial charge in [0.1, 0.15) is 5.82 Å². The Labute approximate surface area is 184 Å². The molecule has 1 fully saturated rings. The summed E-state index contributed by atoms with van der Waals surface area (Å²) in [6.45, 7) is 6.31. The van der Waals surface area contributed by atoms with Gasteiger partial charge in [-0.2, -0.15) is 4.31 Å². The Kier molecular flexibility index (Phi) is 6.07. The zero-order valence-corrected chi connectivity index (χ0v) is 19.1. The Morgan fingerprint density at radius 2 is 1.52 bits per heavy atom. The van der Waals surface area contributed by atoms with Crippen LogP contribution in [0.3, 0.4) is 0 Å². The molecule has 1 aromatic heterocycles. The molecule has 1 aliphatic heterocycles. The first kappa shape index (κ1) is 21.5. The molecule has 162 valence electrons. The van der Waals surface area contributed by atoms with Gasteiger partial charge < -0.3 is 4.90 Å². The number of benzene rings is 2. The van der Waals surface area contributed by atoms with Crippen LogP contribution in [0.25, 0.3) is 11.4 Å². The summed E-state index contributed by atoms with van der Waals surface area (Å²) in [6.07, 6.45) is 2.02. The molecule has 0 unspecified atom stereocenters. The average molecular weight is 437 g/mol. The first-order valence-corrected chi connectivity index (χ1v) is 12.4. The second-order valence-electron chi connectivity index (χ2n) is 8.05. The van der Waals surface area contributed by atoms with Crippen LogP contribution in [-0.2, 0) is 16.4 Å². The number of rotatable bonds is 5. The van der Waals surface area contributed by atoms with Gasteiger partial charge in [0.2, 0.25) is 10.0 Å². The fourth-order valence-electron chi connectivity index (χ4n) is 4.00. The van der Waals surface area contributed by atoms with E-state index < -0.39 is 10.0 Å². The Morgan fingerprint density at radius 1 is 0.871 bits per heavy atom. The summed E-state index contributed by atoms with van der Waals surface area (Å²) in [6, 6.07) is 18.4. The summed E-state index contributed by atoms with van der Waals surface area (Å²) in [5.74, 6) is 1.61. The molecule has 6 nitrogen and oxygen atoms in total. The number of nitrogens with zero attached hydrogens (tertiary/aromatic N) is 4. The number of aromatic nitrogens is 2. The summed E-state index contributed by atoms with van der Waals surface area (Å²) >= 11 is 0. The van der Waals surface area contributed by atoms with Gasteiger partial charge in [-0.3, -0.25) is 0 Å². The van der Waals surface area contributed by atoms with Gasteiger partial charge in [-0.05, 0) is 25.0 Å². The summed E-state index contributed by atoms with van der Waals surface area (Å²) in [4.78, 5) is 12.0. The largest absolute Gasteiger partial charge is 0.354 e. The maximum atomic E-state index is 12.0. The van der Waals surface area contributed by atoms with Crippen molar-refractivity contribution < 1.29 is 8.42 Å². The van der Waals surface area contributed by atoms with Crippen LogP contribution in [0.5, 0.6) is 0 Å². The van der Waals surface area contributed by atoms with E-state index in [9.17, 15) is 8.42 Å². The number of aryl methyl sites for hydroxylation is 2. The number of sulfonamides is 1. The van der Waals surface area contributed by atoms with Gasteiger partial charge in [0.25, 0.3) is 0 Å². The predicted octanol–water partition coefficient (Wildman–Crippen LogP) is 3.43. The molecule has 4 rings (SSSR count). The molecule has 0 saturated carbocycles. The van der Waals surface area contributed by atoms with Gasteiger partial charge in [0.05, 0.1) is 6.26 Å². The highest BCUT2D eigenvalue weighted by Gasteiger charge is 2.27. The molecule has 2 aromatic carbocycles. The normalized spacial score (nSPS) is 15.3. The van der Waals surface area contributed by atoms with Crippen molar-refractivity contribution in [3.63, 3.8) is 0 Å². The van der Waals surface area contributed by atoms with E-state index >= 15 is 0 Å². The molecular formula is C24H28N4O2S. The highest BCUT2D eigenvalue weighted by atomic mass is 32.2. The SMILES string of the molecule is Cc1ccccc1Cc1c(C)nc(-c2ccccc2)nc1N1CCN(S(C)(=O)=O)CC1. The van der Waals surface area contributed by atoms with Crippen LogP contribution in [0, 0.1) is 13.8 Å². The topological polar surface area (TPSA) is 66.4 Å². The zero-order valence-electron chi connectivity index (χ0n) is 18.2. The standard InChI is InChI=1S/C24H28N4O2S/c1-18-9-7-8-12-21(18)17-22-19(2)25-23(20-10-5-4-6-11-20)26-24(22)27-13-15-28(16-14-27)31(3,29)30/h4-12H,13-17H2,1-3H3. The molecule has 0 atom stereocenters. The summed E-state index contributed by atoms with van der Waals surface area (Å²) < 4.78 is 25.4. The van der Waals surface area contributed by atoms with Crippen LogP contribution in [0.2, 0.25) is 0 Å². The average Bonchev–Trinajstić information content (AvgIpc) is 2.76. The Morgan fingerprint density at radius 3 is 2.16 bits per heavy atom. The molecule has 2 heterocycles. The molecule has 31 heavy (non-hydrogen) atoms. The smallest absolute Gasteiger partial charge is 0.211 e. The van der Waals surface area contributed by atoms with Crippen LogP contribution in [0.1, 0.15) is 22.4 Å². The third kappa shape index (κ3) is 4.78. The monoisotopic (exact) mass is 436 g/mol. The van der Waals surface area contributed by atoms with Crippen molar-refractivity contribution in [2.45, 2.75) is 20.3 Å². The highest BCUT2D eigenvalue weighted by Crippen LogP contribution is 2.29. The van der Waals surface area contributed by atoms with Crippen LogP contribution in [0.4, 0.5) is 5.82 Å². The van der Waals surface area contributed by atoms with Gasteiger partial charge in [-0.1, -0.05) is 54.6 Å². The molecule has 0 aliphatic carbocycles. The van der Waals surface area contributed by atoms with Crippen LogP contribution >= 0.6 is 0 Å². The van der Waals surface area contributed by atoms with Gasteiger partial charge in [-0.25, -0.2) is 18.4 Å². The van der Waals surface area contributed by atoms with Crippen molar-refractivity contribution in [3.05, 3.63) is 77.0 Å². The van der Waals surface area contributed by atoms with Crippen molar-refractivity contribution in [2.75, 3.05) is 37.3 Å². The fourth-order valence-corrected chi connectivity index (χ4v) is 4.82. The summed E-state index contributed by atoms with van der Waals surface area (Å²) in [5, 5.41) is 0. The van der Waals surface area contributed by atoms with Gasteiger partial charge in [0.15, 0.2) is 5.82 Å². The van der Waals surface area contributed by atoms with E-state index in [0.717, 1.165) is 29.1 Å². The van der Waals surface area contributed by atoms with Crippen molar-refractivity contribution >= 4 is 15.8 Å². The highest BCUT2D eigenvalue weighted by molar-refractivity contribution is 7.88. The van der Waals surface area contributed by atoms with E-state index in [0.29, 0.717) is 32.0 Å². The van der Waals surface area contributed by atoms with E-state index in [4.69, 9.17) is 9.97 Å². The number of anilines is 1. The zero-order chi connectivity index (χ0) is 22.0. The lowest BCUT2D eigenvalue weighted by Crippen LogP contribution is -2.49. The van der Waals surface area contributed by atoms with E-state index in [1.807, 2.05) is 43.3 Å². The molecule has 3 aromatic rings. The Hall–Kier alpha value is -2.77. The number of piperazine rings is 1. The summed E-state index contributed by atoms with van der Waals surface area (Å²) in [7, 11) is -3.18. The molecular weight excluding hydrogens is 408 g/mol. The van der Waals surface area contributed by atoms with Crippen molar-refractivity contribution in [1.82, 2.24) is 14.3 Å². The second kappa shape index (κ2) is 8.77. The quantitative estimate of drug-likeness (QED) is 0.613.